The van der Waals surface area contributed by atoms with Crippen LogP contribution in [0.2, 0.25) is 0 Å². The number of unbranched alkanes of at least 4 members (excludes halogenated alkanes) is 46. The van der Waals surface area contributed by atoms with Crippen molar-refractivity contribution in [2.24, 2.45) is 0 Å². The molecule has 79 heavy (non-hydrogen) atoms. The number of hydrogen-bond acceptors (Lipinski definition) is 6. The lowest BCUT2D eigenvalue weighted by Gasteiger charge is -2.18. The van der Waals surface area contributed by atoms with Gasteiger partial charge in [-0.25, -0.2) is 0 Å². The Bertz CT molecular complexity index is 1360. The van der Waals surface area contributed by atoms with Gasteiger partial charge < -0.3 is 14.2 Å². The Balaban J connectivity index is 4.08. The van der Waals surface area contributed by atoms with Gasteiger partial charge in [-0.2, -0.15) is 0 Å². The molecule has 0 fully saturated rings. The maximum Gasteiger partial charge on any atom is 0.306 e. The van der Waals surface area contributed by atoms with Gasteiger partial charge in [0, 0.05) is 19.3 Å². The summed E-state index contributed by atoms with van der Waals surface area (Å²) < 4.78 is 16.9. The molecule has 6 heteroatoms. The fraction of sp³-hybridized carbons (Fsp3) is 0.849. The highest BCUT2D eigenvalue weighted by Gasteiger charge is 2.19. The van der Waals surface area contributed by atoms with Gasteiger partial charge in [0.25, 0.3) is 0 Å². The minimum Gasteiger partial charge on any atom is -0.462 e. The minimum atomic E-state index is -0.785. The molecule has 0 aromatic heterocycles. The van der Waals surface area contributed by atoms with E-state index in [1.54, 1.807) is 0 Å². The fourth-order valence-corrected chi connectivity index (χ4v) is 10.5. The van der Waals surface area contributed by atoms with Gasteiger partial charge in [0.05, 0.1) is 0 Å². The molecular weight excluding hydrogens is 973 g/mol. The summed E-state index contributed by atoms with van der Waals surface area (Å²) in [5.41, 5.74) is 0. The van der Waals surface area contributed by atoms with Crippen molar-refractivity contribution in [1.82, 2.24) is 0 Å². The first-order valence-electron chi connectivity index (χ1n) is 35.1. The van der Waals surface area contributed by atoms with Crippen LogP contribution in [0.15, 0.2) is 48.6 Å². The third-order valence-electron chi connectivity index (χ3n) is 15.8. The van der Waals surface area contributed by atoms with Crippen molar-refractivity contribution in [3.8, 4) is 0 Å². The molecule has 0 radical (unpaired) electrons. The molecule has 0 saturated heterocycles. The summed E-state index contributed by atoms with van der Waals surface area (Å²) in [5, 5.41) is 0. The van der Waals surface area contributed by atoms with E-state index in [2.05, 4.69) is 69.4 Å². The molecule has 0 heterocycles. The van der Waals surface area contributed by atoms with Gasteiger partial charge >= 0.3 is 17.9 Å². The minimum absolute atomic E-state index is 0.0802. The number of allylic oxidation sites excluding steroid dienone is 8. The molecule has 1 unspecified atom stereocenters. The normalized spacial score (nSPS) is 12.3. The smallest absolute Gasteiger partial charge is 0.306 e. The van der Waals surface area contributed by atoms with Crippen LogP contribution in [0.25, 0.3) is 0 Å². The molecule has 6 nitrogen and oxygen atoms in total. The highest BCUT2D eigenvalue weighted by molar-refractivity contribution is 5.71. The molecule has 0 spiro atoms. The molecule has 0 aliphatic rings. The SMILES string of the molecule is CCC/C=C\C/C=C\CCCCCCCC(=O)OCC(COC(=O)CCCCCCCCCCCCCCCCCCCCCCCCCCCCCCCCCCC)OC(=O)CCCCCCC/C=C\C/C=C\CCCCC. The number of carbonyl (C=O) groups excluding carboxylic acids is 3. The third-order valence-corrected chi connectivity index (χ3v) is 15.8. The predicted molar refractivity (Wildman–Crippen MR) is 344 cm³/mol. The standard InChI is InChI=1S/C73H134O6/c1-4-7-10-13-16-19-22-25-27-28-29-30-31-32-33-34-35-36-37-38-39-40-41-42-43-44-46-48-51-54-57-60-63-66-72(75)78-69-70(68-77-71(74)65-62-59-56-53-50-47-24-21-18-15-12-9-6-3)79-73(76)67-64-61-58-55-52-49-45-26-23-20-17-14-11-8-5-2/h12,15,17,20-21,24,26,45,70H,4-11,13-14,16,18-19,22-23,25,27-44,46-69H2,1-3H3/b15-12-,20-17-,24-21-,45-26-. The summed E-state index contributed by atoms with van der Waals surface area (Å²) in [4.78, 5) is 38.3. The van der Waals surface area contributed by atoms with Gasteiger partial charge in [-0.15, -0.1) is 0 Å². The maximum absolute atomic E-state index is 12.9. The summed E-state index contributed by atoms with van der Waals surface area (Å²) in [7, 11) is 0. The number of ether oxygens (including phenoxy) is 3. The van der Waals surface area contributed by atoms with Crippen molar-refractivity contribution < 1.29 is 28.6 Å². The van der Waals surface area contributed by atoms with Crippen molar-refractivity contribution in [3.05, 3.63) is 48.6 Å². The molecule has 1 atom stereocenters. The van der Waals surface area contributed by atoms with Crippen LogP contribution in [-0.2, 0) is 28.6 Å². The molecule has 462 valence electrons. The Morgan fingerprint density at radius 3 is 0.772 bits per heavy atom. The molecule has 0 bridgehead atoms. The van der Waals surface area contributed by atoms with E-state index >= 15 is 0 Å². The molecular formula is C73H134O6. The summed E-state index contributed by atoms with van der Waals surface area (Å²) in [5.74, 6) is -0.889. The van der Waals surface area contributed by atoms with E-state index in [9.17, 15) is 14.4 Å². The van der Waals surface area contributed by atoms with E-state index in [0.29, 0.717) is 19.3 Å². The number of carbonyl (C=O) groups is 3. The van der Waals surface area contributed by atoms with Crippen LogP contribution >= 0.6 is 0 Å². The summed E-state index contributed by atoms with van der Waals surface area (Å²) in [6, 6.07) is 0. The van der Waals surface area contributed by atoms with Crippen LogP contribution in [0, 0.1) is 0 Å². The zero-order valence-electron chi connectivity index (χ0n) is 53.2. The highest BCUT2D eigenvalue weighted by atomic mass is 16.6. The number of esters is 3. The first-order valence-corrected chi connectivity index (χ1v) is 35.1. The van der Waals surface area contributed by atoms with Gasteiger partial charge in [0.2, 0.25) is 0 Å². The number of hydrogen-bond donors (Lipinski definition) is 0. The fourth-order valence-electron chi connectivity index (χ4n) is 10.5. The third kappa shape index (κ3) is 66.1. The molecule has 0 aliphatic carbocycles. The Labute approximate surface area is 492 Å². The highest BCUT2D eigenvalue weighted by Crippen LogP contribution is 2.19. The molecule has 0 aliphatic heterocycles. The second kappa shape index (κ2) is 67.9. The van der Waals surface area contributed by atoms with Crippen LogP contribution in [0.1, 0.15) is 380 Å². The Kier molecular flexibility index (Phi) is 65.6. The summed E-state index contributed by atoms with van der Waals surface area (Å²) in [6.07, 6.45) is 85.9. The van der Waals surface area contributed by atoms with Gasteiger partial charge in [0.1, 0.15) is 13.2 Å². The topological polar surface area (TPSA) is 78.9 Å². The predicted octanol–water partition coefficient (Wildman–Crippen LogP) is 24.1. The zero-order valence-corrected chi connectivity index (χ0v) is 53.2. The van der Waals surface area contributed by atoms with E-state index < -0.39 is 6.10 Å². The van der Waals surface area contributed by atoms with Crippen LogP contribution < -0.4 is 0 Å². The van der Waals surface area contributed by atoms with E-state index in [1.807, 2.05) is 0 Å². The van der Waals surface area contributed by atoms with Gasteiger partial charge in [-0.3, -0.25) is 14.4 Å². The van der Waals surface area contributed by atoms with Crippen LogP contribution in [-0.4, -0.2) is 37.2 Å². The van der Waals surface area contributed by atoms with E-state index in [1.165, 1.54) is 231 Å². The Morgan fingerprint density at radius 1 is 0.253 bits per heavy atom. The zero-order chi connectivity index (χ0) is 57.1. The monoisotopic (exact) mass is 1110 g/mol. The van der Waals surface area contributed by atoms with Gasteiger partial charge in [-0.1, -0.05) is 333 Å². The van der Waals surface area contributed by atoms with Crippen molar-refractivity contribution >= 4 is 17.9 Å². The molecule has 0 amide bonds. The van der Waals surface area contributed by atoms with Crippen molar-refractivity contribution in [3.63, 3.8) is 0 Å². The average molecular weight is 1110 g/mol. The lowest BCUT2D eigenvalue weighted by Crippen LogP contribution is -2.30. The maximum atomic E-state index is 12.9. The second-order valence-electron chi connectivity index (χ2n) is 23.8. The molecule has 0 saturated carbocycles. The van der Waals surface area contributed by atoms with Crippen molar-refractivity contribution in [2.45, 2.75) is 386 Å². The molecule has 0 rings (SSSR count). The molecule has 0 aromatic carbocycles. The van der Waals surface area contributed by atoms with Crippen LogP contribution in [0.3, 0.4) is 0 Å². The van der Waals surface area contributed by atoms with E-state index in [-0.39, 0.29) is 31.1 Å². The van der Waals surface area contributed by atoms with E-state index in [4.69, 9.17) is 14.2 Å². The Morgan fingerprint density at radius 2 is 0.481 bits per heavy atom. The van der Waals surface area contributed by atoms with Crippen LogP contribution in [0.4, 0.5) is 0 Å². The molecule has 0 aromatic rings. The number of rotatable bonds is 65. The summed E-state index contributed by atoms with van der Waals surface area (Å²) >= 11 is 0. The van der Waals surface area contributed by atoms with E-state index in [0.717, 1.165) is 109 Å². The van der Waals surface area contributed by atoms with Gasteiger partial charge in [0.15, 0.2) is 6.10 Å². The first-order chi connectivity index (χ1) is 39.0. The lowest BCUT2D eigenvalue weighted by molar-refractivity contribution is -0.167. The second-order valence-corrected chi connectivity index (χ2v) is 23.8. The average Bonchev–Trinajstić information content (AvgIpc) is 3.45. The van der Waals surface area contributed by atoms with Crippen molar-refractivity contribution in [1.29, 1.82) is 0 Å². The van der Waals surface area contributed by atoms with Crippen molar-refractivity contribution in [2.75, 3.05) is 13.2 Å². The van der Waals surface area contributed by atoms with Crippen LogP contribution in [0.5, 0.6) is 0 Å². The Hall–Kier alpha value is -2.63. The molecule has 0 N–H and O–H groups in total. The lowest BCUT2D eigenvalue weighted by atomic mass is 10.0. The first kappa shape index (κ1) is 76.4. The van der Waals surface area contributed by atoms with Gasteiger partial charge in [-0.05, 0) is 77.0 Å². The summed E-state index contributed by atoms with van der Waals surface area (Å²) in [6.45, 7) is 6.58. The largest absolute Gasteiger partial charge is 0.462 e. The quantitative estimate of drug-likeness (QED) is 0.0261.